The Kier molecular flexibility index (Phi) is 5.20. The third kappa shape index (κ3) is 4.14. The zero-order valence-electron chi connectivity index (χ0n) is 10.9. The van der Waals surface area contributed by atoms with Crippen LogP contribution in [0.2, 0.25) is 0 Å². The molecule has 100 valence electrons. The topological polar surface area (TPSA) is 56.3 Å². The number of hydrogen-bond donors (Lipinski definition) is 1. The minimum absolute atomic E-state index is 0.568. The highest BCUT2D eigenvalue weighted by atomic mass is 16.5. The molecule has 2 rings (SSSR count). The second-order valence-corrected chi connectivity index (χ2v) is 4.41. The molecule has 1 aliphatic rings. The van der Waals surface area contributed by atoms with E-state index < -0.39 is 0 Å². The van der Waals surface area contributed by atoms with Gasteiger partial charge in [-0.05, 0) is 32.7 Å². The van der Waals surface area contributed by atoms with Crippen LogP contribution >= 0.6 is 0 Å². The number of piperidine rings is 1. The summed E-state index contributed by atoms with van der Waals surface area (Å²) in [6.45, 7) is 4.34. The van der Waals surface area contributed by atoms with E-state index in [0.717, 1.165) is 13.0 Å². The average molecular weight is 251 g/mol. The molecule has 18 heavy (non-hydrogen) atoms. The van der Waals surface area contributed by atoms with Crippen molar-refractivity contribution in [2.75, 3.05) is 19.8 Å². The van der Waals surface area contributed by atoms with Crippen LogP contribution in [0.4, 0.5) is 0 Å². The minimum Gasteiger partial charge on any atom is -0.478 e. The van der Waals surface area contributed by atoms with Crippen molar-refractivity contribution in [3.05, 3.63) is 12.4 Å². The molecule has 1 aromatic heterocycles. The third-order valence-electron chi connectivity index (χ3n) is 3.04. The van der Waals surface area contributed by atoms with Gasteiger partial charge in [-0.1, -0.05) is 6.42 Å². The van der Waals surface area contributed by atoms with Gasteiger partial charge in [-0.2, -0.15) is 0 Å². The summed E-state index contributed by atoms with van der Waals surface area (Å²) in [7, 11) is 0. The lowest BCUT2D eigenvalue weighted by Gasteiger charge is -2.23. The fourth-order valence-corrected chi connectivity index (χ4v) is 2.10. The summed E-state index contributed by atoms with van der Waals surface area (Å²) in [4.78, 5) is 8.07. The normalized spacial score (nSPS) is 19.5. The summed E-state index contributed by atoms with van der Waals surface area (Å²) in [5.41, 5.74) is 0. The van der Waals surface area contributed by atoms with Gasteiger partial charge < -0.3 is 14.8 Å². The van der Waals surface area contributed by atoms with Gasteiger partial charge in [0.05, 0.1) is 19.3 Å². The maximum Gasteiger partial charge on any atom is 0.220 e. The Morgan fingerprint density at radius 1 is 1.28 bits per heavy atom. The highest BCUT2D eigenvalue weighted by molar-refractivity contribution is 5.18. The molecule has 1 aromatic rings. The van der Waals surface area contributed by atoms with Crippen LogP contribution in [0.5, 0.6) is 11.8 Å². The number of aromatic nitrogens is 2. The van der Waals surface area contributed by atoms with Crippen molar-refractivity contribution in [2.24, 2.45) is 0 Å². The smallest absolute Gasteiger partial charge is 0.220 e. The van der Waals surface area contributed by atoms with Crippen LogP contribution in [0.15, 0.2) is 12.4 Å². The van der Waals surface area contributed by atoms with Gasteiger partial charge in [0.15, 0.2) is 0 Å². The SMILES string of the molecule is CCOc1cc(OCCC2CCCCN2)ncn1. The van der Waals surface area contributed by atoms with Crippen molar-refractivity contribution >= 4 is 0 Å². The van der Waals surface area contributed by atoms with E-state index in [-0.39, 0.29) is 0 Å². The van der Waals surface area contributed by atoms with E-state index in [2.05, 4.69) is 15.3 Å². The predicted molar refractivity (Wildman–Crippen MR) is 69.0 cm³/mol. The molecule has 1 N–H and O–H groups in total. The molecule has 0 saturated carbocycles. The van der Waals surface area contributed by atoms with E-state index in [4.69, 9.17) is 9.47 Å². The van der Waals surface area contributed by atoms with E-state index in [1.807, 2.05) is 6.92 Å². The molecule has 1 saturated heterocycles. The van der Waals surface area contributed by atoms with Crippen molar-refractivity contribution in [3.8, 4) is 11.8 Å². The van der Waals surface area contributed by atoms with Crippen molar-refractivity contribution in [2.45, 2.75) is 38.6 Å². The van der Waals surface area contributed by atoms with Crippen LogP contribution in [0, 0.1) is 0 Å². The molecule has 0 amide bonds. The number of ether oxygens (including phenoxy) is 2. The Hall–Kier alpha value is -1.36. The quantitative estimate of drug-likeness (QED) is 0.835. The van der Waals surface area contributed by atoms with E-state index in [0.29, 0.717) is 31.0 Å². The van der Waals surface area contributed by atoms with Crippen molar-refractivity contribution in [1.82, 2.24) is 15.3 Å². The summed E-state index contributed by atoms with van der Waals surface area (Å²) in [6.07, 6.45) is 6.35. The first-order valence-electron chi connectivity index (χ1n) is 6.69. The maximum atomic E-state index is 5.62. The number of rotatable bonds is 6. The van der Waals surface area contributed by atoms with Crippen molar-refractivity contribution < 1.29 is 9.47 Å². The molecule has 0 aliphatic carbocycles. The van der Waals surface area contributed by atoms with Crippen LogP contribution in [0.25, 0.3) is 0 Å². The number of nitrogens with zero attached hydrogens (tertiary/aromatic N) is 2. The van der Waals surface area contributed by atoms with Gasteiger partial charge >= 0.3 is 0 Å². The largest absolute Gasteiger partial charge is 0.478 e. The fraction of sp³-hybridized carbons (Fsp3) is 0.692. The second-order valence-electron chi connectivity index (χ2n) is 4.41. The molecule has 1 atom stereocenters. The second kappa shape index (κ2) is 7.16. The maximum absolute atomic E-state index is 5.62. The molecule has 0 bridgehead atoms. The zero-order chi connectivity index (χ0) is 12.6. The lowest BCUT2D eigenvalue weighted by Crippen LogP contribution is -2.35. The Morgan fingerprint density at radius 3 is 2.83 bits per heavy atom. The van der Waals surface area contributed by atoms with Gasteiger partial charge in [-0.3, -0.25) is 0 Å². The average Bonchev–Trinajstić information content (AvgIpc) is 2.41. The number of nitrogens with one attached hydrogen (secondary N) is 1. The minimum atomic E-state index is 0.568. The highest BCUT2D eigenvalue weighted by Crippen LogP contribution is 2.14. The van der Waals surface area contributed by atoms with Gasteiger partial charge in [0.1, 0.15) is 6.33 Å². The van der Waals surface area contributed by atoms with E-state index in [9.17, 15) is 0 Å². The monoisotopic (exact) mass is 251 g/mol. The summed E-state index contributed by atoms with van der Waals surface area (Å²) < 4.78 is 10.9. The molecule has 2 heterocycles. The van der Waals surface area contributed by atoms with E-state index >= 15 is 0 Å². The summed E-state index contributed by atoms with van der Waals surface area (Å²) >= 11 is 0. The van der Waals surface area contributed by atoms with Crippen molar-refractivity contribution in [3.63, 3.8) is 0 Å². The van der Waals surface area contributed by atoms with Crippen LogP contribution in [-0.4, -0.2) is 35.8 Å². The summed E-state index contributed by atoms with van der Waals surface area (Å²) in [5.74, 6) is 1.16. The Labute approximate surface area is 108 Å². The Bertz CT molecular complexity index is 354. The summed E-state index contributed by atoms with van der Waals surface area (Å²) in [6, 6.07) is 2.32. The van der Waals surface area contributed by atoms with E-state index in [1.54, 1.807) is 6.07 Å². The predicted octanol–water partition coefficient (Wildman–Crippen LogP) is 1.79. The van der Waals surface area contributed by atoms with Crippen LogP contribution in [-0.2, 0) is 0 Å². The first-order chi connectivity index (χ1) is 8.88. The highest BCUT2D eigenvalue weighted by Gasteiger charge is 2.12. The first-order valence-corrected chi connectivity index (χ1v) is 6.69. The molecule has 5 heteroatoms. The summed E-state index contributed by atoms with van der Waals surface area (Å²) in [5, 5.41) is 3.50. The van der Waals surface area contributed by atoms with Gasteiger partial charge in [0.25, 0.3) is 0 Å². The van der Waals surface area contributed by atoms with Crippen LogP contribution < -0.4 is 14.8 Å². The van der Waals surface area contributed by atoms with Crippen LogP contribution in [0.3, 0.4) is 0 Å². The molecule has 0 radical (unpaired) electrons. The Balaban J connectivity index is 1.73. The van der Waals surface area contributed by atoms with Crippen LogP contribution in [0.1, 0.15) is 32.6 Å². The fourth-order valence-electron chi connectivity index (χ4n) is 2.10. The standard InChI is InChI=1S/C13H21N3O2/c1-2-17-12-9-13(16-10-15-12)18-8-6-11-5-3-4-7-14-11/h9-11,14H,2-8H2,1H3. The molecule has 1 fully saturated rings. The van der Waals surface area contributed by atoms with Gasteiger partial charge in [0.2, 0.25) is 11.8 Å². The van der Waals surface area contributed by atoms with Gasteiger partial charge in [0, 0.05) is 6.04 Å². The van der Waals surface area contributed by atoms with Crippen molar-refractivity contribution in [1.29, 1.82) is 0 Å². The molecule has 0 spiro atoms. The molecular weight excluding hydrogens is 230 g/mol. The lowest BCUT2D eigenvalue weighted by atomic mass is 10.0. The number of hydrogen-bond acceptors (Lipinski definition) is 5. The molecular formula is C13H21N3O2. The third-order valence-corrected chi connectivity index (χ3v) is 3.04. The lowest BCUT2D eigenvalue weighted by molar-refractivity contribution is 0.257. The van der Waals surface area contributed by atoms with E-state index in [1.165, 1.54) is 25.6 Å². The Morgan fingerprint density at radius 2 is 2.11 bits per heavy atom. The first kappa shape index (κ1) is 13.1. The molecule has 5 nitrogen and oxygen atoms in total. The van der Waals surface area contributed by atoms with Gasteiger partial charge in [-0.15, -0.1) is 0 Å². The molecule has 1 unspecified atom stereocenters. The van der Waals surface area contributed by atoms with Gasteiger partial charge in [-0.25, -0.2) is 9.97 Å². The zero-order valence-corrected chi connectivity index (χ0v) is 10.9. The molecule has 0 aromatic carbocycles. The molecule has 1 aliphatic heterocycles.